The van der Waals surface area contributed by atoms with Gasteiger partial charge in [-0.05, 0) is 47.5 Å². The average molecular weight is 393 g/mol. The van der Waals surface area contributed by atoms with E-state index in [2.05, 4.69) is 10.9 Å². The SMILES string of the molecule is O=C(NNc1cccc(Cl)c1)c1ccc2c(c1)C[C@@H](c1ccccc1)OC2=O. The minimum absolute atomic E-state index is 0.307. The Labute approximate surface area is 167 Å². The number of rotatable bonds is 4. The Morgan fingerprint density at radius 3 is 2.61 bits per heavy atom. The molecule has 0 spiro atoms. The summed E-state index contributed by atoms with van der Waals surface area (Å²) in [6.07, 6.45) is 0.164. The molecule has 0 radical (unpaired) electrons. The van der Waals surface area contributed by atoms with Crippen LogP contribution in [0.4, 0.5) is 5.69 Å². The number of fused-ring (bicyclic) bond motifs is 1. The third-order valence-corrected chi connectivity index (χ3v) is 4.79. The highest BCUT2D eigenvalue weighted by Crippen LogP contribution is 2.31. The molecule has 1 amide bonds. The Morgan fingerprint density at radius 1 is 1.00 bits per heavy atom. The number of hydrogen-bond donors (Lipinski definition) is 2. The Morgan fingerprint density at radius 2 is 1.82 bits per heavy atom. The number of anilines is 1. The lowest BCUT2D eigenvalue weighted by atomic mass is 9.93. The highest BCUT2D eigenvalue weighted by atomic mass is 35.5. The van der Waals surface area contributed by atoms with Crippen molar-refractivity contribution in [3.8, 4) is 0 Å². The summed E-state index contributed by atoms with van der Waals surface area (Å²) in [4.78, 5) is 24.8. The van der Waals surface area contributed by atoms with Crippen LogP contribution < -0.4 is 10.9 Å². The van der Waals surface area contributed by atoms with Gasteiger partial charge in [0, 0.05) is 17.0 Å². The maximum Gasteiger partial charge on any atom is 0.339 e. The summed E-state index contributed by atoms with van der Waals surface area (Å²) >= 11 is 5.94. The molecule has 140 valence electrons. The van der Waals surface area contributed by atoms with E-state index in [9.17, 15) is 9.59 Å². The summed E-state index contributed by atoms with van der Waals surface area (Å²) in [5.74, 6) is -0.683. The highest BCUT2D eigenvalue weighted by molar-refractivity contribution is 6.30. The van der Waals surface area contributed by atoms with Gasteiger partial charge in [0.05, 0.1) is 11.3 Å². The molecule has 3 aromatic carbocycles. The van der Waals surface area contributed by atoms with Crippen molar-refractivity contribution in [2.45, 2.75) is 12.5 Å². The van der Waals surface area contributed by atoms with Gasteiger partial charge >= 0.3 is 5.97 Å². The molecule has 1 atom stereocenters. The van der Waals surface area contributed by atoms with Gasteiger partial charge in [0.1, 0.15) is 6.10 Å². The Kier molecular flexibility index (Phi) is 5.00. The third kappa shape index (κ3) is 3.85. The summed E-state index contributed by atoms with van der Waals surface area (Å²) in [6.45, 7) is 0. The number of carbonyl (C=O) groups is 2. The summed E-state index contributed by atoms with van der Waals surface area (Å²) in [7, 11) is 0. The van der Waals surface area contributed by atoms with Crippen molar-refractivity contribution in [2.24, 2.45) is 0 Å². The van der Waals surface area contributed by atoms with Crippen molar-refractivity contribution in [1.29, 1.82) is 0 Å². The van der Waals surface area contributed by atoms with E-state index >= 15 is 0 Å². The quantitative estimate of drug-likeness (QED) is 0.505. The summed E-state index contributed by atoms with van der Waals surface area (Å²) in [5.41, 5.74) is 8.81. The fourth-order valence-corrected chi connectivity index (χ4v) is 3.35. The van der Waals surface area contributed by atoms with Crippen molar-refractivity contribution < 1.29 is 14.3 Å². The molecular formula is C22H17ClN2O3. The van der Waals surface area contributed by atoms with E-state index in [1.807, 2.05) is 30.3 Å². The molecule has 0 saturated heterocycles. The van der Waals surface area contributed by atoms with Crippen LogP contribution in [0.25, 0.3) is 0 Å². The van der Waals surface area contributed by atoms with Crippen molar-refractivity contribution in [1.82, 2.24) is 5.43 Å². The number of cyclic esters (lactones) is 1. The van der Waals surface area contributed by atoms with Crippen LogP contribution >= 0.6 is 11.6 Å². The van der Waals surface area contributed by atoms with E-state index in [4.69, 9.17) is 16.3 Å². The predicted octanol–water partition coefficient (Wildman–Crippen LogP) is 4.55. The van der Waals surface area contributed by atoms with Gasteiger partial charge < -0.3 is 4.74 Å². The zero-order valence-corrected chi connectivity index (χ0v) is 15.6. The van der Waals surface area contributed by atoms with Gasteiger partial charge in [-0.3, -0.25) is 15.6 Å². The Hall–Kier alpha value is -3.31. The molecule has 0 bridgehead atoms. The molecule has 3 aromatic rings. The first kappa shape index (κ1) is 18.1. The number of hydrogen-bond acceptors (Lipinski definition) is 4. The van der Waals surface area contributed by atoms with Gasteiger partial charge in [-0.1, -0.05) is 48.0 Å². The molecule has 4 rings (SSSR count). The summed E-state index contributed by atoms with van der Waals surface area (Å²) in [6, 6.07) is 21.6. The van der Waals surface area contributed by atoms with Gasteiger partial charge in [-0.2, -0.15) is 0 Å². The molecule has 0 fully saturated rings. The second-order valence-corrected chi connectivity index (χ2v) is 6.91. The summed E-state index contributed by atoms with van der Waals surface area (Å²) in [5, 5.41) is 0.568. The fourth-order valence-electron chi connectivity index (χ4n) is 3.16. The average Bonchev–Trinajstić information content (AvgIpc) is 2.72. The second kappa shape index (κ2) is 7.74. The number of hydrazine groups is 1. The van der Waals surface area contributed by atoms with Gasteiger partial charge in [-0.15, -0.1) is 0 Å². The standard InChI is InChI=1S/C22H17ClN2O3/c23-17-7-4-8-18(13-17)24-25-21(26)15-9-10-19-16(11-15)12-20(28-22(19)27)14-5-2-1-3-6-14/h1-11,13,20,24H,12H2,(H,25,26)/t20-/m0/s1. The van der Waals surface area contributed by atoms with Crippen LogP contribution in [0.2, 0.25) is 5.02 Å². The lowest BCUT2D eigenvalue weighted by Crippen LogP contribution is -2.30. The Balaban J connectivity index is 1.51. The van der Waals surface area contributed by atoms with E-state index in [1.54, 1.807) is 42.5 Å². The lowest BCUT2D eigenvalue weighted by Gasteiger charge is -2.25. The number of benzene rings is 3. The third-order valence-electron chi connectivity index (χ3n) is 4.56. The number of ether oxygens (including phenoxy) is 1. The highest BCUT2D eigenvalue weighted by Gasteiger charge is 2.28. The summed E-state index contributed by atoms with van der Waals surface area (Å²) < 4.78 is 5.55. The molecule has 2 N–H and O–H groups in total. The first-order chi connectivity index (χ1) is 13.6. The maximum atomic E-state index is 12.5. The zero-order valence-electron chi connectivity index (χ0n) is 14.8. The smallest absolute Gasteiger partial charge is 0.339 e. The maximum absolute atomic E-state index is 12.5. The number of halogens is 1. The van der Waals surface area contributed by atoms with Gasteiger partial charge in [0.2, 0.25) is 0 Å². The number of carbonyl (C=O) groups excluding carboxylic acids is 2. The zero-order chi connectivity index (χ0) is 19.5. The Bertz CT molecular complexity index is 1040. The lowest BCUT2D eigenvalue weighted by molar-refractivity contribution is 0.0252. The van der Waals surface area contributed by atoms with Crippen LogP contribution in [0.5, 0.6) is 0 Å². The molecule has 6 heteroatoms. The van der Waals surface area contributed by atoms with Crippen molar-refractivity contribution >= 4 is 29.2 Å². The van der Waals surface area contributed by atoms with E-state index in [-0.39, 0.29) is 18.0 Å². The largest absolute Gasteiger partial charge is 0.454 e. The van der Waals surface area contributed by atoms with Crippen molar-refractivity contribution in [3.63, 3.8) is 0 Å². The molecule has 0 aromatic heterocycles. The molecule has 5 nitrogen and oxygen atoms in total. The number of esters is 1. The van der Waals surface area contributed by atoms with Gasteiger partial charge in [-0.25, -0.2) is 4.79 Å². The molecule has 1 heterocycles. The predicted molar refractivity (Wildman–Crippen MR) is 107 cm³/mol. The van der Waals surface area contributed by atoms with Crippen LogP contribution in [-0.2, 0) is 11.2 Å². The second-order valence-electron chi connectivity index (χ2n) is 6.47. The number of amides is 1. The first-order valence-electron chi connectivity index (χ1n) is 8.81. The van der Waals surface area contributed by atoms with Crippen LogP contribution in [0.3, 0.4) is 0 Å². The van der Waals surface area contributed by atoms with Crippen molar-refractivity contribution in [3.05, 3.63) is 100 Å². The van der Waals surface area contributed by atoms with Gasteiger partial charge in [0.25, 0.3) is 5.91 Å². The van der Waals surface area contributed by atoms with E-state index in [0.29, 0.717) is 28.3 Å². The van der Waals surface area contributed by atoms with Crippen LogP contribution in [0.15, 0.2) is 72.8 Å². The monoisotopic (exact) mass is 392 g/mol. The molecule has 0 aliphatic carbocycles. The molecule has 0 saturated carbocycles. The normalized spacial score (nSPS) is 15.3. The van der Waals surface area contributed by atoms with Crippen LogP contribution in [-0.4, -0.2) is 11.9 Å². The molecule has 1 aliphatic heterocycles. The van der Waals surface area contributed by atoms with Crippen LogP contribution in [0, 0.1) is 0 Å². The molecular weight excluding hydrogens is 376 g/mol. The van der Waals surface area contributed by atoms with Crippen LogP contribution in [0.1, 0.15) is 37.9 Å². The fraction of sp³-hybridized carbons (Fsp3) is 0.0909. The minimum atomic E-state index is -0.376. The molecule has 1 aliphatic rings. The molecule has 0 unspecified atom stereocenters. The van der Waals surface area contributed by atoms with E-state index in [0.717, 1.165) is 11.1 Å². The minimum Gasteiger partial charge on any atom is -0.454 e. The molecule has 28 heavy (non-hydrogen) atoms. The van der Waals surface area contributed by atoms with E-state index < -0.39 is 0 Å². The van der Waals surface area contributed by atoms with Crippen molar-refractivity contribution in [2.75, 3.05) is 5.43 Å². The number of nitrogens with one attached hydrogen (secondary N) is 2. The first-order valence-corrected chi connectivity index (χ1v) is 9.19. The van der Waals surface area contributed by atoms with Gasteiger partial charge in [0.15, 0.2) is 0 Å². The topological polar surface area (TPSA) is 67.4 Å². The van der Waals surface area contributed by atoms with E-state index in [1.165, 1.54) is 0 Å².